The van der Waals surface area contributed by atoms with Crippen molar-refractivity contribution in [3.63, 3.8) is 0 Å². The van der Waals surface area contributed by atoms with E-state index in [-0.39, 0.29) is 27.9 Å². The second-order valence-corrected chi connectivity index (χ2v) is 2.62. The van der Waals surface area contributed by atoms with Crippen LogP contribution in [-0.2, 0) is 0 Å². The molecule has 0 aliphatic heterocycles. The van der Waals surface area contributed by atoms with E-state index in [0.29, 0.717) is 0 Å². The number of hydrogen-bond donors (Lipinski definition) is 1. The van der Waals surface area contributed by atoms with Crippen molar-refractivity contribution in [2.45, 2.75) is 0 Å². The van der Waals surface area contributed by atoms with Crippen molar-refractivity contribution in [1.29, 1.82) is 0 Å². The van der Waals surface area contributed by atoms with Gasteiger partial charge in [0.25, 0.3) is 5.82 Å². The van der Waals surface area contributed by atoms with Crippen molar-refractivity contribution in [1.82, 2.24) is 4.98 Å². The van der Waals surface area contributed by atoms with Gasteiger partial charge in [0.05, 0.1) is 6.20 Å². The lowest BCUT2D eigenvalue weighted by Gasteiger charge is -1.94. The van der Waals surface area contributed by atoms with Gasteiger partial charge in [0.2, 0.25) is 5.82 Å². The van der Waals surface area contributed by atoms with Crippen LogP contribution in [0.4, 0.5) is 11.6 Å². The van der Waals surface area contributed by atoms with Crippen LogP contribution in [0.1, 0.15) is 0 Å². The van der Waals surface area contributed by atoms with E-state index in [1.165, 1.54) is 0 Å². The van der Waals surface area contributed by atoms with Crippen LogP contribution >= 0.6 is 0 Å². The molecule has 0 aliphatic carbocycles. The molecule has 0 amide bonds. The van der Waals surface area contributed by atoms with Crippen molar-refractivity contribution < 1.29 is 32.9 Å². The van der Waals surface area contributed by atoms with E-state index in [9.17, 15) is 0 Å². The molecule has 0 unspecified atom stereocenters. The van der Waals surface area contributed by atoms with Crippen molar-refractivity contribution in [2.75, 3.05) is 5.32 Å². The highest BCUT2D eigenvalue weighted by Crippen LogP contribution is 2.06. The van der Waals surface area contributed by atoms with E-state index < -0.39 is 0 Å². The van der Waals surface area contributed by atoms with Crippen LogP contribution in [0.25, 0.3) is 0 Å². The predicted molar refractivity (Wildman–Crippen MR) is 57.7 cm³/mol. The monoisotopic (exact) mass is 287 g/mol. The lowest BCUT2D eigenvalue weighted by atomic mass is 10.4. The second-order valence-electron chi connectivity index (χ2n) is 2.62. The molecular formula is C10H14BrN3O2. The van der Waals surface area contributed by atoms with Gasteiger partial charge in [-0.15, -0.1) is 0 Å². The average molecular weight is 288 g/mol. The molecule has 0 aliphatic rings. The summed E-state index contributed by atoms with van der Waals surface area (Å²) in [6.45, 7) is 0. The van der Waals surface area contributed by atoms with E-state index in [2.05, 4.69) is 15.3 Å². The minimum Gasteiger partial charge on any atom is -1.00 e. The zero-order chi connectivity index (χ0) is 8.93. The molecule has 6 N–H and O–H groups in total. The minimum atomic E-state index is 0. The maximum Gasteiger partial charge on any atom is 0.278 e. The third-order valence-corrected chi connectivity index (χ3v) is 1.64. The fourth-order valence-electron chi connectivity index (χ4n) is 1.05. The van der Waals surface area contributed by atoms with Gasteiger partial charge in [-0.2, -0.15) is 0 Å². The summed E-state index contributed by atoms with van der Waals surface area (Å²) in [5.74, 6) is 1.77. The summed E-state index contributed by atoms with van der Waals surface area (Å²) in [6, 6.07) is 11.6. The Hall–Kier alpha value is -1.50. The Morgan fingerprint density at radius 1 is 1.00 bits per heavy atom. The van der Waals surface area contributed by atoms with E-state index in [4.69, 9.17) is 0 Å². The van der Waals surface area contributed by atoms with Crippen LogP contribution < -0.4 is 27.3 Å². The highest BCUT2D eigenvalue weighted by atomic mass is 79.9. The van der Waals surface area contributed by atoms with Crippen molar-refractivity contribution in [2.24, 2.45) is 0 Å². The quantitative estimate of drug-likeness (QED) is 0.636. The Morgan fingerprint density at radius 2 is 1.75 bits per heavy atom. The molecule has 0 radical (unpaired) electrons. The molecule has 16 heavy (non-hydrogen) atoms. The molecule has 0 aromatic carbocycles. The van der Waals surface area contributed by atoms with Crippen molar-refractivity contribution in [3.8, 4) is 0 Å². The van der Waals surface area contributed by atoms with Gasteiger partial charge in [0.1, 0.15) is 0 Å². The van der Waals surface area contributed by atoms with E-state index >= 15 is 0 Å². The molecule has 2 rings (SSSR count). The highest BCUT2D eigenvalue weighted by molar-refractivity contribution is 5.47. The van der Waals surface area contributed by atoms with Gasteiger partial charge in [-0.3, -0.25) is 0 Å². The molecule has 5 nitrogen and oxygen atoms in total. The standard InChI is InChI=1S/C10H9N3.BrH.2H2O/c1-3-7-11-9(5-1)13-10-6-2-4-8-12-10;;;/h1-8H,(H,11,12,13);1H;2*1H2. The third-order valence-electron chi connectivity index (χ3n) is 1.64. The summed E-state index contributed by atoms with van der Waals surface area (Å²) < 4.78 is 0. The fourth-order valence-corrected chi connectivity index (χ4v) is 1.05. The summed E-state index contributed by atoms with van der Waals surface area (Å²) in [6.07, 6.45) is 3.62. The Labute approximate surface area is 104 Å². The number of pyridine rings is 2. The largest absolute Gasteiger partial charge is 1.00 e. The average Bonchev–Trinajstić information content (AvgIpc) is 2.21. The Morgan fingerprint density at radius 3 is 2.31 bits per heavy atom. The van der Waals surface area contributed by atoms with Gasteiger partial charge in [-0.05, 0) is 12.1 Å². The number of H-pyrrole nitrogens is 1. The first kappa shape index (κ1) is 16.9. The molecular weight excluding hydrogens is 274 g/mol. The number of halogens is 1. The molecule has 2 aromatic rings. The number of nitrogens with zero attached hydrogens (tertiary/aromatic N) is 1. The van der Waals surface area contributed by atoms with Crippen molar-refractivity contribution in [3.05, 3.63) is 48.8 Å². The lowest BCUT2D eigenvalue weighted by molar-refractivity contribution is -0.360. The summed E-state index contributed by atoms with van der Waals surface area (Å²) in [5.41, 5.74) is 0. The Bertz CT molecular complexity index is 335. The van der Waals surface area contributed by atoms with Crippen LogP contribution in [-0.4, -0.2) is 15.9 Å². The van der Waals surface area contributed by atoms with Gasteiger partial charge in [0, 0.05) is 18.3 Å². The van der Waals surface area contributed by atoms with Crippen LogP contribution in [0.5, 0.6) is 0 Å². The summed E-state index contributed by atoms with van der Waals surface area (Å²) in [5, 5.41) is 3.14. The maximum atomic E-state index is 4.14. The molecule has 88 valence electrons. The lowest BCUT2D eigenvalue weighted by Crippen LogP contribution is -3.00. The van der Waals surface area contributed by atoms with Gasteiger partial charge >= 0.3 is 0 Å². The third kappa shape index (κ3) is 4.83. The molecule has 0 saturated heterocycles. The number of hydrogen-bond acceptors (Lipinski definition) is 2. The van der Waals surface area contributed by atoms with Crippen molar-refractivity contribution >= 4 is 11.6 Å². The van der Waals surface area contributed by atoms with Gasteiger partial charge in [-0.1, -0.05) is 12.1 Å². The molecule has 0 fully saturated rings. The Kier molecular flexibility index (Phi) is 9.28. The SMILES string of the molecule is O.O.[Br-].c1ccc(Nc2cccc[nH+]2)nc1. The number of aromatic nitrogens is 2. The first-order valence-electron chi connectivity index (χ1n) is 4.10. The zero-order valence-electron chi connectivity index (χ0n) is 8.44. The van der Waals surface area contributed by atoms with Crippen LogP contribution in [0, 0.1) is 0 Å². The molecule has 0 atom stereocenters. The number of anilines is 2. The number of aromatic amines is 1. The molecule has 2 aromatic heterocycles. The maximum absolute atomic E-state index is 4.14. The fraction of sp³-hybridized carbons (Fsp3) is 0. The molecule has 0 bridgehead atoms. The molecule has 0 spiro atoms. The predicted octanol–water partition coefficient (Wildman–Crippen LogP) is -3.01. The minimum absolute atomic E-state index is 0. The molecule has 6 heteroatoms. The number of rotatable bonds is 2. The van der Waals surface area contributed by atoms with Gasteiger partial charge in [-0.25, -0.2) is 15.3 Å². The second kappa shape index (κ2) is 8.78. The normalized spacial score (nSPS) is 7.75. The Balaban J connectivity index is 0. The molecule has 2 heterocycles. The van der Waals surface area contributed by atoms with E-state index in [1.54, 1.807) is 6.20 Å². The van der Waals surface area contributed by atoms with E-state index in [1.807, 2.05) is 42.6 Å². The molecule has 0 saturated carbocycles. The van der Waals surface area contributed by atoms with Crippen LogP contribution in [0.15, 0.2) is 48.8 Å². The summed E-state index contributed by atoms with van der Waals surface area (Å²) >= 11 is 0. The van der Waals surface area contributed by atoms with Crippen LogP contribution in [0.2, 0.25) is 0 Å². The first-order valence-corrected chi connectivity index (χ1v) is 4.10. The highest BCUT2D eigenvalue weighted by Gasteiger charge is 2.00. The van der Waals surface area contributed by atoms with Gasteiger partial charge in [0.15, 0.2) is 0 Å². The van der Waals surface area contributed by atoms with E-state index in [0.717, 1.165) is 11.6 Å². The number of nitrogens with one attached hydrogen (secondary N) is 2. The zero-order valence-corrected chi connectivity index (χ0v) is 10.0. The van der Waals surface area contributed by atoms with Crippen LogP contribution in [0.3, 0.4) is 0 Å². The smallest absolute Gasteiger partial charge is 0.278 e. The first-order chi connectivity index (χ1) is 6.45. The summed E-state index contributed by atoms with van der Waals surface area (Å²) in [4.78, 5) is 7.21. The topological polar surface area (TPSA) is 102 Å². The van der Waals surface area contributed by atoms with Gasteiger partial charge < -0.3 is 27.9 Å². The summed E-state index contributed by atoms with van der Waals surface area (Å²) in [7, 11) is 0.